The first kappa shape index (κ1) is 17.2. The van der Waals surface area contributed by atoms with Crippen LogP contribution < -0.4 is 16.2 Å². The van der Waals surface area contributed by atoms with E-state index in [0.717, 1.165) is 4.68 Å². The number of anilines is 1. The lowest BCUT2D eigenvalue weighted by Gasteiger charge is -2.08. The number of para-hydroxylation sites is 1. The molecule has 0 spiro atoms. The van der Waals surface area contributed by atoms with Gasteiger partial charge in [0.2, 0.25) is 5.91 Å². The van der Waals surface area contributed by atoms with E-state index in [1.54, 1.807) is 36.4 Å². The molecule has 8 nitrogen and oxygen atoms in total. The lowest BCUT2D eigenvalue weighted by Crippen LogP contribution is -2.34. The van der Waals surface area contributed by atoms with Gasteiger partial charge in [-0.1, -0.05) is 18.2 Å². The second kappa shape index (κ2) is 7.93. The minimum absolute atomic E-state index is 0.0345. The number of benzene rings is 1. The Morgan fingerprint density at radius 1 is 1.04 bits per heavy atom. The monoisotopic (exact) mass is 352 g/mol. The van der Waals surface area contributed by atoms with Crippen molar-refractivity contribution in [1.29, 1.82) is 0 Å². The summed E-state index contributed by atoms with van der Waals surface area (Å²) in [4.78, 5) is 36.1. The Morgan fingerprint density at radius 2 is 1.85 bits per heavy atom. The van der Waals surface area contributed by atoms with Crippen molar-refractivity contribution in [3.8, 4) is 0 Å². The van der Waals surface area contributed by atoms with Crippen LogP contribution in [0, 0.1) is 0 Å². The van der Waals surface area contributed by atoms with Crippen molar-refractivity contribution in [3.05, 3.63) is 82.7 Å². The van der Waals surface area contributed by atoms with E-state index >= 15 is 0 Å². The average Bonchev–Trinajstić information content (AvgIpc) is 3.16. The molecule has 3 aromatic rings. The predicted molar refractivity (Wildman–Crippen MR) is 93.4 cm³/mol. The lowest BCUT2D eigenvalue weighted by molar-refractivity contribution is -0.122. The van der Waals surface area contributed by atoms with E-state index in [1.165, 1.54) is 18.4 Å². The average molecular weight is 352 g/mol. The molecule has 2 heterocycles. The third kappa shape index (κ3) is 4.44. The fraction of sp³-hybridized carbons (Fsp3) is 0.111. The van der Waals surface area contributed by atoms with Crippen LogP contribution >= 0.6 is 0 Å². The number of hydrogen-bond donors (Lipinski definition) is 2. The van der Waals surface area contributed by atoms with Crippen LogP contribution in [0.15, 0.2) is 70.1 Å². The van der Waals surface area contributed by atoms with Crippen molar-refractivity contribution >= 4 is 17.5 Å². The second-order valence-electron chi connectivity index (χ2n) is 5.39. The molecule has 0 radical (unpaired) electrons. The molecule has 0 saturated carbocycles. The molecule has 8 heteroatoms. The SMILES string of the molecule is O=C(Cn1nc(C(=O)Nc2ccccc2)ccc1=O)NCc1ccco1. The van der Waals surface area contributed by atoms with E-state index < -0.39 is 17.4 Å². The van der Waals surface area contributed by atoms with Gasteiger partial charge in [0.05, 0.1) is 12.8 Å². The molecule has 0 aliphatic carbocycles. The van der Waals surface area contributed by atoms with Crippen LogP contribution in [0.2, 0.25) is 0 Å². The Labute approximate surface area is 148 Å². The molecular weight excluding hydrogens is 336 g/mol. The van der Waals surface area contributed by atoms with Crippen LogP contribution in [0.5, 0.6) is 0 Å². The number of rotatable bonds is 6. The maximum Gasteiger partial charge on any atom is 0.276 e. The molecule has 0 bridgehead atoms. The quantitative estimate of drug-likeness (QED) is 0.697. The van der Waals surface area contributed by atoms with E-state index in [4.69, 9.17) is 4.42 Å². The molecule has 1 aromatic carbocycles. The van der Waals surface area contributed by atoms with Gasteiger partial charge in [-0.05, 0) is 30.3 Å². The number of furan rings is 1. The normalized spacial score (nSPS) is 10.3. The van der Waals surface area contributed by atoms with Crippen LogP contribution in [-0.2, 0) is 17.9 Å². The molecule has 2 amide bonds. The summed E-state index contributed by atoms with van der Waals surface area (Å²) in [5.41, 5.74) is 0.162. The van der Waals surface area contributed by atoms with Gasteiger partial charge in [0.15, 0.2) is 0 Å². The third-order valence-electron chi connectivity index (χ3n) is 3.46. The number of nitrogens with zero attached hydrogens (tertiary/aromatic N) is 2. The first-order chi connectivity index (χ1) is 12.6. The summed E-state index contributed by atoms with van der Waals surface area (Å²) in [6.07, 6.45) is 1.50. The van der Waals surface area contributed by atoms with E-state index in [9.17, 15) is 14.4 Å². The Kier molecular flexibility index (Phi) is 5.23. The number of carbonyl (C=O) groups excluding carboxylic acids is 2. The molecular formula is C18H16N4O4. The van der Waals surface area contributed by atoms with Crippen LogP contribution in [0.4, 0.5) is 5.69 Å². The van der Waals surface area contributed by atoms with Crippen LogP contribution in [0.1, 0.15) is 16.2 Å². The maximum atomic E-state index is 12.2. The van der Waals surface area contributed by atoms with Gasteiger partial charge in [-0.3, -0.25) is 14.4 Å². The topological polar surface area (TPSA) is 106 Å². The summed E-state index contributed by atoms with van der Waals surface area (Å²) in [7, 11) is 0. The summed E-state index contributed by atoms with van der Waals surface area (Å²) >= 11 is 0. The first-order valence-electron chi connectivity index (χ1n) is 7.85. The minimum Gasteiger partial charge on any atom is -0.467 e. The van der Waals surface area contributed by atoms with Gasteiger partial charge >= 0.3 is 0 Å². The van der Waals surface area contributed by atoms with Gasteiger partial charge in [0.25, 0.3) is 11.5 Å². The Bertz CT molecular complexity index is 949. The van der Waals surface area contributed by atoms with Crippen molar-refractivity contribution in [2.75, 3.05) is 5.32 Å². The highest BCUT2D eigenvalue weighted by atomic mass is 16.3. The molecule has 0 unspecified atom stereocenters. The van der Waals surface area contributed by atoms with Gasteiger partial charge in [-0.2, -0.15) is 5.10 Å². The van der Waals surface area contributed by atoms with E-state index in [1.807, 2.05) is 6.07 Å². The van der Waals surface area contributed by atoms with Gasteiger partial charge in [0.1, 0.15) is 18.0 Å². The zero-order chi connectivity index (χ0) is 18.4. The molecule has 2 N–H and O–H groups in total. The van der Waals surface area contributed by atoms with E-state index in [2.05, 4.69) is 15.7 Å². The fourth-order valence-corrected chi connectivity index (χ4v) is 2.19. The molecule has 3 rings (SSSR count). The highest BCUT2D eigenvalue weighted by Crippen LogP contribution is 2.06. The van der Waals surface area contributed by atoms with Crippen molar-refractivity contribution < 1.29 is 14.0 Å². The largest absolute Gasteiger partial charge is 0.467 e. The zero-order valence-corrected chi connectivity index (χ0v) is 13.7. The lowest BCUT2D eigenvalue weighted by atomic mass is 10.3. The molecule has 0 aliphatic rings. The standard InChI is InChI=1S/C18H16N4O4/c23-16(19-11-14-7-4-10-26-14)12-22-17(24)9-8-15(21-22)18(25)20-13-5-2-1-3-6-13/h1-10H,11-12H2,(H,19,23)(H,20,25). The summed E-state index contributed by atoms with van der Waals surface area (Å²) in [5.74, 6) is -0.299. The minimum atomic E-state index is -0.477. The summed E-state index contributed by atoms with van der Waals surface area (Å²) in [6, 6.07) is 14.8. The number of aromatic nitrogens is 2. The third-order valence-corrected chi connectivity index (χ3v) is 3.46. The Hall–Kier alpha value is -3.68. The van der Waals surface area contributed by atoms with Gasteiger partial charge in [-0.25, -0.2) is 4.68 Å². The molecule has 132 valence electrons. The summed E-state index contributed by atoms with van der Waals surface area (Å²) in [5, 5.41) is 9.25. The molecule has 0 atom stereocenters. The Morgan fingerprint density at radius 3 is 2.58 bits per heavy atom. The number of nitrogens with one attached hydrogen (secondary N) is 2. The summed E-state index contributed by atoms with van der Waals surface area (Å²) in [6.45, 7) is -0.0965. The van der Waals surface area contributed by atoms with Gasteiger partial charge < -0.3 is 15.1 Å². The van der Waals surface area contributed by atoms with Crippen molar-refractivity contribution in [3.63, 3.8) is 0 Å². The zero-order valence-electron chi connectivity index (χ0n) is 13.7. The van der Waals surface area contributed by atoms with Crippen LogP contribution in [0.3, 0.4) is 0 Å². The first-order valence-corrected chi connectivity index (χ1v) is 7.85. The van der Waals surface area contributed by atoms with E-state index in [0.29, 0.717) is 11.4 Å². The second-order valence-corrected chi connectivity index (χ2v) is 5.39. The fourth-order valence-electron chi connectivity index (χ4n) is 2.19. The van der Waals surface area contributed by atoms with Crippen molar-refractivity contribution in [1.82, 2.24) is 15.1 Å². The predicted octanol–water partition coefficient (Wildman–Crippen LogP) is 1.40. The number of hydrogen-bond acceptors (Lipinski definition) is 5. The number of amides is 2. The van der Waals surface area contributed by atoms with Gasteiger partial charge in [-0.15, -0.1) is 0 Å². The molecule has 2 aromatic heterocycles. The maximum absolute atomic E-state index is 12.2. The Balaban J connectivity index is 1.66. The molecule has 0 aliphatic heterocycles. The highest BCUT2D eigenvalue weighted by molar-refractivity contribution is 6.02. The summed E-state index contributed by atoms with van der Waals surface area (Å²) < 4.78 is 6.06. The van der Waals surface area contributed by atoms with Gasteiger partial charge in [0, 0.05) is 11.8 Å². The molecule has 26 heavy (non-hydrogen) atoms. The van der Waals surface area contributed by atoms with Crippen molar-refractivity contribution in [2.24, 2.45) is 0 Å². The van der Waals surface area contributed by atoms with Crippen LogP contribution in [-0.4, -0.2) is 21.6 Å². The van der Waals surface area contributed by atoms with E-state index in [-0.39, 0.29) is 18.8 Å². The molecule has 0 fully saturated rings. The highest BCUT2D eigenvalue weighted by Gasteiger charge is 2.12. The van der Waals surface area contributed by atoms with Crippen LogP contribution in [0.25, 0.3) is 0 Å². The smallest absolute Gasteiger partial charge is 0.276 e. The number of carbonyl (C=O) groups is 2. The van der Waals surface area contributed by atoms with Crippen molar-refractivity contribution in [2.45, 2.75) is 13.1 Å². The molecule has 0 saturated heterocycles.